The molecule has 1 aromatic carbocycles. The first-order chi connectivity index (χ1) is 11.0. The Morgan fingerprint density at radius 2 is 2.13 bits per heavy atom. The summed E-state index contributed by atoms with van der Waals surface area (Å²) >= 11 is 1.35. The second-order valence-corrected chi connectivity index (χ2v) is 6.08. The first kappa shape index (κ1) is 17.0. The number of carbonyl (C=O) groups excluding carboxylic acids is 1. The van der Waals surface area contributed by atoms with Crippen molar-refractivity contribution in [1.29, 1.82) is 5.26 Å². The third kappa shape index (κ3) is 4.54. The minimum Gasteiger partial charge on any atom is -0.324 e. The van der Waals surface area contributed by atoms with Crippen LogP contribution in [0, 0.1) is 31.0 Å². The molecule has 0 bridgehead atoms. The van der Waals surface area contributed by atoms with Gasteiger partial charge in [0.1, 0.15) is 16.9 Å². The van der Waals surface area contributed by atoms with Crippen LogP contribution in [0.2, 0.25) is 0 Å². The zero-order valence-electron chi connectivity index (χ0n) is 12.9. The molecule has 0 saturated heterocycles. The van der Waals surface area contributed by atoms with Crippen LogP contribution in [0.1, 0.15) is 23.2 Å². The number of halogens is 1. The van der Waals surface area contributed by atoms with Crippen molar-refractivity contribution in [2.75, 3.05) is 11.1 Å². The van der Waals surface area contributed by atoms with Crippen LogP contribution in [0.5, 0.6) is 0 Å². The van der Waals surface area contributed by atoms with Crippen molar-refractivity contribution < 1.29 is 9.18 Å². The van der Waals surface area contributed by atoms with Crippen LogP contribution in [0.4, 0.5) is 10.1 Å². The van der Waals surface area contributed by atoms with E-state index in [2.05, 4.69) is 16.4 Å². The van der Waals surface area contributed by atoms with Gasteiger partial charge in [0.2, 0.25) is 5.91 Å². The number of carbonyl (C=O) groups is 1. The van der Waals surface area contributed by atoms with Gasteiger partial charge >= 0.3 is 0 Å². The lowest BCUT2D eigenvalue weighted by Crippen LogP contribution is -2.13. The SMILES string of the molecule is Cc1cc(C)c(C#N)c(SCCC(=O)Nc2ccccc2F)n1. The maximum absolute atomic E-state index is 13.5. The highest BCUT2D eigenvalue weighted by Gasteiger charge is 2.11. The van der Waals surface area contributed by atoms with E-state index in [1.54, 1.807) is 12.1 Å². The molecule has 1 aromatic heterocycles. The standard InChI is InChI=1S/C17H16FN3OS/c1-11-9-12(2)20-17(13(11)10-19)23-8-7-16(22)21-15-6-4-3-5-14(15)18/h3-6,9H,7-8H2,1-2H3,(H,21,22). The van der Waals surface area contributed by atoms with Crippen LogP contribution in [-0.2, 0) is 4.79 Å². The van der Waals surface area contributed by atoms with Crippen LogP contribution >= 0.6 is 11.8 Å². The third-order valence-corrected chi connectivity index (χ3v) is 4.12. The number of hydrogen-bond donors (Lipinski definition) is 1. The maximum atomic E-state index is 13.5. The monoisotopic (exact) mass is 329 g/mol. The lowest BCUT2D eigenvalue weighted by atomic mass is 10.1. The van der Waals surface area contributed by atoms with Gasteiger partial charge in [-0.15, -0.1) is 11.8 Å². The van der Waals surface area contributed by atoms with E-state index in [0.29, 0.717) is 16.3 Å². The first-order valence-electron chi connectivity index (χ1n) is 7.06. The lowest BCUT2D eigenvalue weighted by Gasteiger charge is -2.08. The van der Waals surface area contributed by atoms with Crippen molar-refractivity contribution in [3.8, 4) is 6.07 Å². The summed E-state index contributed by atoms with van der Waals surface area (Å²) in [6.07, 6.45) is 0.207. The summed E-state index contributed by atoms with van der Waals surface area (Å²) in [7, 11) is 0. The van der Waals surface area contributed by atoms with E-state index in [-0.39, 0.29) is 18.0 Å². The van der Waals surface area contributed by atoms with Gasteiger partial charge in [-0.05, 0) is 37.6 Å². The number of nitrogens with zero attached hydrogens (tertiary/aromatic N) is 2. The molecule has 0 atom stereocenters. The Morgan fingerprint density at radius 3 is 2.83 bits per heavy atom. The van der Waals surface area contributed by atoms with Crippen LogP contribution in [0.3, 0.4) is 0 Å². The fraction of sp³-hybridized carbons (Fsp3) is 0.235. The Kier molecular flexibility index (Phi) is 5.72. The summed E-state index contributed by atoms with van der Waals surface area (Å²) < 4.78 is 13.5. The van der Waals surface area contributed by atoms with Crippen LogP contribution < -0.4 is 5.32 Å². The molecule has 1 N–H and O–H groups in total. The highest BCUT2D eigenvalue weighted by Crippen LogP contribution is 2.24. The first-order valence-corrected chi connectivity index (χ1v) is 8.05. The number of nitrogens with one attached hydrogen (secondary N) is 1. The number of amides is 1. The van der Waals surface area contributed by atoms with Crippen LogP contribution in [0.15, 0.2) is 35.4 Å². The van der Waals surface area contributed by atoms with Gasteiger partial charge in [0.05, 0.1) is 11.3 Å². The second kappa shape index (κ2) is 7.75. The van der Waals surface area contributed by atoms with Gasteiger partial charge in [0.25, 0.3) is 0 Å². The molecule has 0 radical (unpaired) electrons. The number of benzene rings is 1. The molecule has 0 saturated carbocycles. The van der Waals surface area contributed by atoms with Crippen molar-refractivity contribution >= 4 is 23.4 Å². The molecule has 0 unspecified atom stereocenters. The molecule has 2 aromatic rings. The summed E-state index contributed by atoms with van der Waals surface area (Å²) in [6.45, 7) is 3.73. The third-order valence-electron chi connectivity index (χ3n) is 3.14. The van der Waals surface area contributed by atoms with Gasteiger partial charge in [0, 0.05) is 17.9 Å². The van der Waals surface area contributed by atoms with Gasteiger partial charge in [-0.3, -0.25) is 4.79 Å². The predicted octanol–water partition coefficient (Wildman–Crippen LogP) is 3.83. The van der Waals surface area contributed by atoms with Gasteiger partial charge in [-0.1, -0.05) is 12.1 Å². The molecule has 1 heterocycles. The highest BCUT2D eigenvalue weighted by atomic mass is 32.2. The molecule has 118 valence electrons. The minimum atomic E-state index is -0.462. The Balaban J connectivity index is 1.94. The van der Waals surface area contributed by atoms with Gasteiger partial charge in [-0.25, -0.2) is 9.37 Å². The van der Waals surface area contributed by atoms with E-state index in [0.717, 1.165) is 11.3 Å². The smallest absolute Gasteiger partial charge is 0.225 e. The molecule has 6 heteroatoms. The van der Waals surface area contributed by atoms with Crippen molar-refractivity contribution in [1.82, 2.24) is 4.98 Å². The number of thioether (sulfide) groups is 1. The molecule has 0 aliphatic heterocycles. The molecule has 0 aliphatic rings. The van der Waals surface area contributed by atoms with Gasteiger partial charge in [-0.2, -0.15) is 5.26 Å². The zero-order chi connectivity index (χ0) is 16.8. The lowest BCUT2D eigenvalue weighted by molar-refractivity contribution is -0.115. The van der Waals surface area contributed by atoms with E-state index in [4.69, 9.17) is 0 Å². The molecule has 1 amide bonds. The van der Waals surface area contributed by atoms with Crippen molar-refractivity contribution in [2.45, 2.75) is 25.3 Å². The van der Waals surface area contributed by atoms with Gasteiger partial charge in [0.15, 0.2) is 0 Å². The number of rotatable bonds is 5. The molecular weight excluding hydrogens is 313 g/mol. The normalized spacial score (nSPS) is 10.2. The van der Waals surface area contributed by atoms with Crippen molar-refractivity contribution in [3.63, 3.8) is 0 Å². The number of anilines is 1. The number of para-hydroxylation sites is 1. The minimum absolute atomic E-state index is 0.171. The highest BCUT2D eigenvalue weighted by molar-refractivity contribution is 7.99. The Bertz CT molecular complexity index is 771. The topological polar surface area (TPSA) is 65.8 Å². The molecule has 2 rings (SSSR count). The number of aryl methyl sites for hydroxylation is 2. The Labute approximate surface area is 138 Å². The fourth-order valence-corrected chi connectivity index (χ4v) is 3.10. The van der Waals surface area contributed by atoms with E-state index < -0.39 is 5.82 Å². The van der Waals surface area contributed by atoms with E-state index in [1.165, 1.54) is 23.9 Å². The number of hydrogen-bond acceptors (Lipinski definition) is 4. The van der Waals surface area contributed by atoms with Crippen molar-refractivity contribution in [3.05, 3.63) is 53.0 Å². The Hall–Kier alpha value is -2.39. The van der Waals surface area contributed by atoms with E-state index in [1.807, 2.05) is 19.9 Å². The van der Waals surface area contributed by atoms with Crippen molar-refractivity contribution in [2.24, 2.45) is 0 Å². The number of aromatic nitrogens is 1. The molecule has 0 fully saturated rings. The second-order valence-electron chi connectivity index (χ2n) is 5.00. The van der Waals surface area contributed by atoms with Crippen LogP contribution in [0.25, 0.3) is 0 Å². The summed E-state index contributed by atoms with van der Waals surface area (Å²) in [5, 5.41) is 12.4. The predicted molar refractivity (Wildman–Crippen MR) is 88.8 cm³/mol. The van der Waals surface area contributed by atoms with Crippen LogP contribution in [-0.4, -0.2) is 16.6 Å². The largest absolute Gasteiger partial charge is 0.324 e. The summed E-state index contributed by atoms with van der Waals surface area (Å²) in [5.74, 6) is -0.271. The summed E-state index contributed by atoms with van der Waals surface area (Å²) in [5.41, 5.74) is 2.41. The molecular formula is C17H16FN3OS. The number of nitriles is 1. The quantitative estimate of drug-likeness (QED) is 0.847. The van der Waals surface area contributed by atoms with E-state index in [9.17, 15) is 14.4 Å². The summed E-state index contributed by atoms with van der Waals surface area (Å²) in [4.78, 5) is 16.2. The average molecular weight is 329 g/mol. The summed E-state index contributed by atoms with van der Waals surface area (Å²) in [6, 6.07) is 10.0. The van der Waals surface area contributed by atoms with E-state index >= 15 is 0 Å². The average Bonchev–Trinajstić information content (AvgIpc) is 2.49. The number of pyridine rings is 1. The zero-order valence-corrected chi connectivity index (χ0v) is 13.7. The Morgan fingerprint density at radius 1 is 1.39 bits per heavy atom. The molecule has 0 spiro atoms. The maximum Gasteiger partial charge on any atom is 0.225 e. The molecule has 0 aliphatic carbocycles. The molecule has 4 nitrogen and oxygen atoms in total. The fourth-order valence-electron chi connectivity index (χ4n) is 2.06. The molecule has 23 heavy (non-hydrogen) atoms. The van der Waals surface area contributed by atoms with Gasteiger partial charge < -0.3 is 5.32 Å².